The van der Waals surface area contributed by atoms with Crippen LogP contribution in [0, 0.1) is 5.92 Å². The van der Waals surface area contributed by atoms with Gasteiger partial charge in [0.2, 0.25) is 0 Å². The summed E-state index contributed by atoms with van der Waals surface area (Å²) in [5.74, 6) is -0.887. The Bertz CT molecular complexity index is 112. The number of aliphatic hydroxyl groups excluding tert-OH is 2. The van der Waals surface area contributed by atoms with E-state index in [-0.39, 0.29) is 12.5 Å². The average Bonchev–Trinajstić information content (AvgIpc) is 2.04. The Hall–Kier alpha value is -0.610. The molecule has 0 heterocycles. The van der Waals surface area contributed by atoms with E-state index < -0.39 is 12.1 Å². The molecule has 0 fully saturated rings. The highest BCUT2D eigenvalue weighted by atomic mass is 16.4. The average molecular weight is 178 g/mol. The molecule has 4 nitrogen and oxygen atoms in total. The predicted molar refractivity (Wildman–Crippen MR) is 45.9 cm³/mol. The third-order valence-electron chi connectivity index (χ3n) is 1.30. The van der Waals surface area contributed by atoms with Crippen molar-refractivity contribution in [1.82, 2.24) is 0 Å². The van der Waals surface area contributed by atoms with Crippen LogP contribution in [0.15, 0.2) is 0 Å². The van der Waals surface area contributed by atoms with Gasteiger partial charge in [-0.15, -0.1) is 0 Å². The van der Waals surface area contributed by atoms with Crippen molar-refractivity contribution in [3.05, 3.63) is 0 Å². The van der Waals surface area contributed by atoms with Gasteiger partial charge in [0, 0.05) is 0 Å². The van der Waals surface area contributed by atoms with Crippen molar-refractivity contribution < 1.29 is 20.1 Å². The molecular weight excluding hydrogens is 160 g/mol. The van der Waals surface area contributed by atoms with Crippen LogP contribution in [0.1, 0.15) is 27.2 Å². The van der Waals surface area contributed by atoms with Crippen molar-refractivity contribution in [3.63, 3.8) is 0 Å². The lowest BCUT2D eigenvalue weighted by molar-refractivity contribution is -0.141. The van der Waals surface area contributed by atoms with E-state index in [1.54, 1.807) is 6.92 Å². The number of carboxylic acids is 1. The van der Waals surface area contributed by atoms with Crippen molar-refractivity contribution in [2.75, 3.05) is 6.61 Å². The summed E-state index contributed by atoms with van der Waals surface area (Å²) in [6.07, 6.45) is 0.157. The molecule has 0 aliphatic rings. The first-order chi connectivity index (χ1) is 5.45. The Labute approximate surface area is 72.8 Å². The number of carbonyl (C=O) groups is 1. The number of rotatable bonds is 3. The van der Waals surface area contributed by atoms with Crippen LogP contribution in [0.4, 0.5) is 0 Å². The van der Waals surface area contributed by atoms with Crippen LogP contribution < -0.4 is 0 Å². The van der Waals surface area contributed by atoms with Gasteiger partial charge in [-0.1, -0.05) is 13.8 Å². The lowest BCUT2D eigenvalue weighted by Gasteiger charge is -1.96. The molecule has 3 N–H and O–H groups in total. The van der Waals surface area contributed by atoms with Gasteiger partial charge in [-0.2, -0.15) is 0 Å². The molecule has 0 amide bonds. The van der Waals surface area contributed by atoms with Gasteiger partial charge in [0.1, 0.15) is 0 Å². The summed E-state index contributed by atoms with van der Waals surface area (Å²) in [6.45, 7) is 4.95. The second-order valence-electron chi connectivity index (χ2n) is 2.68. The molecule has 0 saturated carbocycles. The second kappa shape index (κ2) is 8.49. The lowest BCUT2D eigenvalue weighted by atomic mass is 10.1. The van der Waals surface area contributed by atoms with E-state index in [0.717, 1.165) is 6.42 Å². The Morgan fingerprint density at radius 3 is 1.75 bits per heavy atom. The molecule has 2 unspecified atom stereocenters. The number of carboxylic acid groups (broad SMARTS) is 1. The lowest BCUT2D eigenvalue weighted by Crippen LogP contribution is -2.06. The Balaban J connectivity index is 0. The molecule has 0 aliphatic carbocycles. The molecule has 2 atom stereocenters. The summed E-state index contributed by atoms with van der Waals surface area (Å²) in [7, 11) is 0. The maximum absolute atomic E-state index is 9.93. The molecule has 0 bridgehead atoms. The highest BCUT2D eigenvalue weighted by Gasteiger charge is 2.05. The van der Waals surface area contributed by atoms with Gasteiger partial charge < -0.3 is 15.3 Å². The smallest absolute Gasteiger partial charge is 0.306 e. The maximum Gasteiger partial charge on any atom is 0.306 e. The summed E-state index contributed by atoms with van der Waals surface area (Å²) >= 11 is 0. The fourth-order valence-corrected chi connectivity index (χ4v) is 0.175. The van der Waals surface area contributed by atoms with Gasteiger partial charge in [0.05, 0.1) is 18.6 Å². The van der Waals surface area contributed by atoms with Crippen LogP contribution in [-0.4, -0.2) is 34.0 Å². The monoisotopic (exact) mass is 178 g/mol. The van der Waals surface area contributed by atoms with Crippen LogP contribution in [0.25, 0.3) is 0 Å². The molecule has 0 spiro atoms. The molecule has 0 aromatic rings. The van der Waals surface area contributed by atoms with E-state index in [2.05, 4.69) is 0 Å². The Kier molecular flexibility index (Phi) is 9.86. The molecule has 0 aromatic carbocycles. The summed E-state index contributed by atoms with van der Waals surface area (Å²) in [6, 6.07) is 0. The zero-order chi connectivity index (χ0) is 10.1. The maximum atomic E-state index is 9.93. The first-order valence-electron chi connectivity index (χ1n) is 3.97. The minimum atomic E-state index is -0.706. The van der Waals surface area contributed by atoms with Crippen LogP contribution in [0.5, 0.6) is 0 Å². The van der Waals surface area contributed by atoms with Crippen LogP contribution in [0.2, 0.25) is 0 Å². The summed E-state index contributed by atoms with van der Waals surface area (Å²) in [4.78, 5) is 9.93. The normalized spacial score (nSPS) is 14.1. The molecular formula is C8H18O4. The highest BCUT2D eigenvalue weighted by Crippen LogP contribution is 1.97. The fraction of sp³-hybridized carbons (Fsp3) is 0.875. The number of aliphatic hydroxyl groups is 2. The molecule has 74 valence electrons. The largest absolute Gasteiger partial charge is 0.481 e. The topological polar surface area (TPSA) is 77.8 Å². The van der Waals surface area contributed by atoms with E-state index in [4.69, 9.17) is 15.3 Å². The van der Waals surface area contributed by atoms with E-state index in [1.165, 1.54) is 6.92 Å². The van der Waals surface area contributed by atoms with Crippen LogP contribution >= 0.6 is 0 Å². The molecule has 0 rings (SSSR count). The quantitative estimate of drug-likeness (QED) is 0.587. The zero-order valence-corrected chi connectivity index (χ0v) is 7.82. The fourth-order valence-electron chi connectivity index (χ4n) is 0.175. The van der Waals surface area contributed by atoms with Crippen molar-refractivity contribution in [1.29, 1.82) is 0 Å². The Morgan fingerprint density at radius 2 is 1.75 bits per heavy atom. The van der Waals surface area contributed by atoms with Gasteiger partial charge in [0.25, 0.3) is 0 Å². The van der Waals surface area contributed by atoms with E-state index in [9.17, 15) is 4.79 Å². The number of aliphatic carboxylic acids is 1. The number of hydrogen-bond donors (Lipinski definition) is 3. The van der Waals surface area contributed by atoms with Crippen molar-refractivity contribution in [3.8, 4) is 0 Å². The standard InChI is InChI=1S/C5H10O2.C3H8O2/c1-3-4(2)5(6)7;1-3(5)2-4/h4H,3H2,1-2H3,(H,6,7);3-5H,2H2,1H3. The first kappa shape index (κ1) is 13.9. The van der Waals surface area contributed by atoms with E-state index >= 15 is 0 Å². The van der Waals surface area contributed by atoms with Gasteiger partial charge in [-0.3, -0.25) is 4.79 Å². The van der Waals surface area contributed by atoms with Crippen LogP contribution in [-0.2, 0) is 4.79 Å². The summed E-state index contributed by atoms with van der Waals surface area (Å²) in [5.41, 5.74) is 0. The zero-order valence-electron chi connectivity index (χ0n) is 7.82. The van der Waals surface area contributed by atoms with E-state index in [1.807, 2.05) is 6.92 Å². The summed E-state index contributed by atoms with van der Waals surface area (Å²) in [5, 5.41) is 24.2. The highest BCUT2D eigenvalue weighted by molar-refractivity contribution is 5.69. The van der Waals surface area contributed by atoms with Crippen molar-refractivity contribution >= 4 is 5.97 Å². The molecule has 0 aliphatic heterocycles. The summed E-state index contributed by atoms with van der Waals surface area (Å²) < 4.78 is 0. The van der Waals surface area contributed by atoms with Gasteiger partial charge in [-0.05, 0) is 13.3 Å². The van der Waals surface area contributed by atoms with Gasteiger partial charge >= 0.3 is 5.97 Å². The minimum absolute atomic E-state index is 0.139. The van der Waals surface area contributed by atoms with E-state index in [0.29, 0.717) is 0 Å². The molecule has 0 saturated heterocycles. The van der Waals surface area contributed by atoms with Gasteiger partial charge in [0.15, 0.2) is 0 Å². The molecule has 0 aromatic heterocycles. The molecule has 0 radical (unpaired) electrons. The Morgan fingerprint density at radius 1 is 1.42 bits per heavy atom. The third-order valence-corrected chi connectivity index (χ3v) is 1.30. The first-order valence-corrected chi connectivity index (χ1v) is 3.97. The SMILES string of the molecule is CC(O)CO.CCC(C)C(=O)O. The van der Waals surface area contributed by atoms with Crippen LogP contribution in [0.3, 0.4) is 0 Å². The number of hydrogen-bond acceptors (Lipinski definition) is 3. The predicted octanol–water partition coefficient (Wildman–Crippen LogP) is 0.477. The molecule has 12 heavy (non-hydrogen) atoms. The van der Waals surface area contributed by atoms with Gasteiger partial charge in [-0.25, -0.2) is 0 Å². The third kappa shape index (κ3) is 12.1. The molecule has 4 heteroatoms. The van der Waals surface area contributed by atoms with Crippen molar-refractivity contribution in [2.24, 2.45) is 5.92 Å². The minimum Gasteiger partial charge on any atom is -0.481 e. The second-order valence-corrected chi connectivity index (χ2v) is 2.68. The van der Waals surface area contributed by atoms with Crippen molar-refractivity contribution in [2.45, 2.75) is 33.3 Å².